The number of benzene rings is 1. The fourth-order valence-electron chi connectivity index (χ4n) is 1.61. The van der Waals surface area contributed by atoms with Gasteiger partial charge in [-0.05, 0) is 31.3 Å². The minimum atomic E-state index is 0.0786. The molecule has 3 nitrogen and oxygen atoms in total. The first-order chi connectivity index (χ1) is 7.18. The van der Waals surface area contributed by atoms with Crippen molar-refractivity contribution < 1.29 is 4.79 Å². The Kier molecular flexibility index (Phi) is 2.68. The summed E-state index contributed by atoms with van der Waals surface area (Å²) in [5, 5.41) is 3.82. The maximum absolute atomic E-state index is 11.2. The Morgan fingerprint density at radius 2 is 2.33 bits per heavy atom. The number of anilines is 1. The zero-order valence-electron chi connectivity index (χ0n) is 8.49. The lowest BCUT2D eigenvalue weighted by Crippen LogP contribution is -2.27. The number of thiocarbonyl (C=S) groups is 1. The molecule has 0 unspecified atom stereocenters. The summed E-state index contributed by atoms with van der Waals surface area (Å²) in [5.74, 6) is 0.0786. The average Bonchev–Trinajstić information content (AvgIpc) is 2.64. The Hall–Kier alpha value is -1.42. The zero-order chi connectivity index (χ0) is 10.8. The molecule has 0 aromatic heterocycles. The summed E-state index contributed by atoms with van der Waals surface area (Å²) < 4.78 is 0. The van der Waals surface area contributed by atoms with E-state index in [0.29, 0.717) is 0 Å². The standard InChI is InChI=1S/C11H12N2OS/c1-8(14)9-3-2-4-10(7-9)13-6-5-12-11(13)15/h2-4,7H,5-6H2,1H3,(H,12,15). The van der Waals surface area contributed by atoms with E-state index in [0.717, 1.165) is 29.5 Å². The van der Waals surface area contributed by atoms with Crippen LogP contribution >= 0.6 is 12.2 Å². The number of Topliss-reactive ketones (excluding diaryl/α,β-unsaturated/α-hetero) is 1. The molecule has 1 aromatic carbocycles. The van der Waals surface area contributed by atoms with Gasteiger partial charge in [-0.1, -0.05) is 12.1 Å². The SMILES string of the molecule is CC(=O)c1cccc(N2CCNC2=S)c1. The normalized spacial score (nSPS) is 15.3. The number of carbonyl (C=O) groups is 1. The van der Waals surface area contributed by atoms with Gasteiger partial charge in [-0.3, -0.25) is 4.79 Å². The second-order valence-corrected chi connectivity index (χ2v) is 3.88. The Balaban J connectivity index is 2.32. The number of carbonyl (C=O) groups excluding carboxylic acids is 1. The van der Waals surface area contributed by atoms with E-state index in [4.69, 9.17) is 12.2 Å². The summed E-state index contributed by atoms with van der Waals surface area (Å²) in [6, 6.07) is 7.54. The predicted molar refractivity (Wildman–Crippen MR) is 64.4 cm³/mol. The highest BCUT2D eigenvalue weighted by atomic mass is 32.1. The molecule has 15 heavy (non-hydrogen) atoms. The average molecular weight is 220 g/mol. The molecule has 2 rings (SSSR count). The molecule has 78 valence electrons. The Bertz CT molecular complexity index is 417. The van der Waals surface area contributed by atoms with Gasteiger partial charge in [0, 0.05) is 24.3 Å². The highest BCUT2D eigenvalue weighted by molar-refractivity contribution is 7.80. The number of hydrogen-bond donors (Lipinski definition) is 1. The van der Waals surface area contributed by atoms with Gasteiger partial charge in [0.1, 0.15) is 0 Å². The van der Waals surface area contributed by atoms with E-state index >= 15 is 0 Å². The molecule has 1 fully saturated rings. The molecule has 1 aliphatic heterocycles. The summed E-state index contributed by atoms with van der Waals surface area (Å²) in [5.41, 5.74) is 1.71. The fourth-order valence-corrected chi connectivity index (χ4v) is 1.91. The van der Waals surface area contributed by atoms with Gasteiger partial charge in [0.25, 0.3) is 0 Å². The quantitative estimate of drug-likeness (QED) is 0.606. The molecule has 0 spiro atoms. The van der Waals surface area contributed by atoms with Crippen LogP contribution in [-0.4, -0.2) is 24.0 Å². The molecule has 0 amide bonds. The lowest BCUT2D eigenvalue weighted by atomic mass is 10.1. The van der Waals surface area contributed by atoms with Crippen molar-refractivity contribution in [2.24, 2.45) is 0 Å². The summed E-state index contributed by atoms with van der Waals surface area (Å²) in [4.78, 5) is 13.2. The molecule has 1 aliphatic rings. The molecular formula is C11H12N2OS. The van der Waals surface area contributed by atoms with Crippen LogP contribution in [0.1, 0.15) is 17.3 Å². The van der Waals surface area contributed by atoms with Gasteiger partial charge in [-0.2, -0.15) is 0 Å². The zero-order valence-corrected chi connectivity index (χ0v) is 9.30. The number of nitrogens with zero attached hydrogens (tertiary/aromatic N) is 1. The Morgan fingerprint density at radius 3 is 2.93 bits per heavy atom. The van der Waals surface area contributed by atoms with Gasteiger partial charge in [-0.15, -0.1) is 0 Å². The van der Waals surface area contributed by atoms with Gasteiger partial charge in [0.2, 0.25) is 0 Å². The van der Waals surface area contributed by atoms with Crippen LogP contribution in [0, 0.1) is 0 Å². The third-order valence-corrected chi connectivity index (χ3v) is 2.79. The van der Waals surface area contributed by atoms with Crippen LogP contribution in [0.5, 0.6) is 0 Å². The second-order valence-electron chi connectivity index (χ2n) is 3.49. The molecule has 1 N–H and O–H groups in total. The molecule has 0 radical (unpaired) electrons. The van der Waals surface area contributed by atoms with E-state index in [1.165, 1.54) is 0 Å². The molecule has 0 atom stereocenters. The Labute approximate surface area is 94.1 Å². The Morgan fingerprint density at radius 1 is 1.53 bits per heavy atom. The number of hydrogen-bond acceptors (Lipinski definition) is 2. The van der Waals surface area contributed by atoms with Crippen molar-refractivity contribution in [1.29, 1.82) is 0 Å². The van der Waals surface area contributed by atoms with Crippen molar-refractivity contribution in [1.82, 2.24) is 5.32 Å². The lowest BCUT2D eigenvalue weighted by molar-refractivity contribution is 0.101. The molecule has 1 heterocycles. The monoisotopic (exact) mass is 220 g/mol. The van der Waals surface area contributed by atoms with E-state index in [-0.39, 0.29) is 5.78 Å². The fraction of sp³-hybridized carbons (Fsp3) is 0.273. The third kappa shape index (κ3) is 1.99. The smallest absolute Gasteiger partial charge is 0.173 e. The molecule has 0 bridgehead atoms. The van der Waals surface area contributed by atoms with Crippen molar-refractivity contribution in [2.45, 2.75) is 6.92 Å². The number of nitrogens with one attached hydrogen (secondary N) is 1. The largest absolute Gasteiger partial charge is 0.360 e. The van der Waals surface area contributed by atoms with Crippen molar-refractivity contribution in [3.8, 4) is 0 Å². The second kappa shape index (κ2) is 3.98. The number of rotatable bonds is 2. The van der Waals surface area contributed by atoms with Crippen molar-refractivity contribution in [2.75, 3.05) is 18.0 Å². The van der Waals surface area contributed by atoms with Crippen molar-refractivity contribution in [3.63, 3.8) is 0 Å². The lowest BCUT2D eigenvalue weighted by Gasteiger charge is -2.16. The minimum Gasteiger partial charge on any atom is -0.360 e. The van der Waals surface area contributed by atoms with Crippen LogP contribution in [0.15, 0.2) is 24.3 Å². The first kappa shape index (κ1) is 10.1. The summed E-state index contributed by atoms with van der Waals surface area (Å²) in [6.07, 6.45) is 0. The van der Waals surface area contributed by atoms with Crippen molar-refractivity contribution in [3.05, 3.63) is 29.8 Å². The molecular weight excluding hydrogens is 208 g/mol. The van der Waals surface area contributed by atoms with Gasteiger partial charge in [0.15, 0.2) is 10.9 Å². The minimum absolute atomic E-state index is 0.0786. The first-order valence-electron chi connectivity index (χ1n) is 4.85. The third-order valence-electron chi connectivity index (χ3n) is 2.42. The maximum atomic E-state index is 11.2. The summed E-state index contributed by atoms with van der Waals surface area (Å²) >= 11 is 5.16. The summed E-state index contributed by atoms with van der Waals surface area (Å²) in [6.45, 7) is 3.29. The van der Waals surface area contributed by atoms with Gasteiger partial charge in [0.05, 0.1) is 0 Å². The highest BCUT2D eigenvalue weighted by Gasteiger charge is 2.17. The van der Waals surface area contributed by atoms with Crippen LogP contribution in [0.25, 0.3) is 0 Å². The number of ketones is 1. The van der Waals surface area contributed by atoms with Crippen LogP contribution < -0.4 is 10.2 Å². The van der Waals surface area contributed by atoms with Crippen LogP contribution in [0.2, 0.25) is 0 Å². The van der Waals surface area contributed by atoms with Gasteiger partial charge in [-0.25, -0.2) is 0 Å². The van der Waals surface area contributed by atoms with E-state index in [9.17, 15) is 4.79 Å². The molecule has 1 saturated heterocycles. The predicted octanol–water partition coefficient (Wildman–Crippen LogP) is 1.58. The first-order valence-corrected chi connectivity index (χ1v) is 5.25. The van der Waals surface area contributed by atoms with Crippen LogP contribution in [0.3, 0.4) is 0 Å². The van der Waals surface area contributed by atoms with Crippen LogP contribution in [0.4, 0.5) is 5.69 Å². The topological polar surface area (TPSA) is 32.3 Å². The van der Waals surface area contributed by atoms with Crippen molar-refractivity contribution >= 4 is 28.8 Å². The van der Waals surface area contributed by atoms with E-state index in [1.807, 2.05) is 29.2 Å². The van der Waals surface area contributed by atoms with Gasteiger partial charge >= 0.3 is 0 Å². The highest BCUT2D eigenvalue weighted by Crippen LogP contribution is 2.18. The molecule has 1 aromatic rings. The van der Waals surface area contributed by atoms with E-state index in [2.05, 4.69) is 5.32 Å². The maximum Gasteiger partial charge on any atom is 0.173 e. The summed E-state index contributed by atoms with van der Waals surface area (Å²) in [7, 11) is 0. The molecule has 4 heteroatoms. The van der Waals surface area contributed by atoms with E-state index < -0.39 is 0 Å². The van der Waals surface area contributed by atoms with E-state index in [1.54, 1.807) is 6.92 Å². The van der Waals surface area contributed by atoms with Gasteiger partial charge < -0.3 is 10.2 Å². The molecule has 0 saturated carbocycles. The molecule has 0 aliphatic carbocycles. The van der Waals surface area contributed by atoms with Crippen LogP contribution in [-0.2, 0) is 0 Å².